The molecule has 1 heterocycles. The van der Waals surface area contributed by atoms with Crippen molar-refractivity contribution < 1.29 is 9.59 Å². The van der Waals surface area contributed by atoms with E-state index in [1.807, 2.05) is 13.8 Å². The van der Waals surface area contributed by atoms with E-state index in [-0.39, 0.29) is 23.8 Å². The minimum absolute atomic E-state index is 0.000139. The second kappa shape index (κ2) is 5.14. The molecule has 1 fully saturated rings. The molecule has 0 aromatic rings. The van der Waals surface area contributed by atoms with Crippen LogP contribution < -0.4 is 5.32 Å². The van der Waals surface area contributed by atoms with Gasteiger partial charge in [-0.15, -0.1) is 6.58 Å². The van der Waals surface area contributed by atoms with Crippen molar-refractivity contribution in [3.8, 4) is 0 Å². The third-order valence-corrected chi connectivity index (χ3v) is 2.82. The van der Waals surface area contributed by atoms with E-state index in [1.54, 1.807) is 17.9 Å². The van der Waals surface area contributed by atoms with Crippen LogP contribution in [0.25, 0.3) is 0 Å². The van der Waals surface area contributed by atoms with Gasteiger partial charge in [-0.2, -0.15) is 0 Å². The van der Waals surface area contributed by atoms with E-state index < -0.39 is 6.04 Å². The zero-order chi connectivity index (χ0) is 12.3. The van der Waals surface area contributed by atoms with Gasteiger partial charge in [-0.25, -0.2) is 0 Å². The van der Waals surface area contributed by atoms with E-state index >= 15 is 0 Å². The molecule has 4 heteroatoms. The molecular weight excluding hydrogens is 204 g/mol. The maximum atomic E-state index is 12.0. The standard InChI is InChI=1S/C12H20N2O2/c1-5-6-7-14-10(8(2)3)11(15)13-9(4)12(14)16/h5,8-10H,1,6-7H2,2-4H3,(H,13,15). The fourth-order valence-corrected chi connectivity index (χ4v) is 2.03. The molecule has 0 aliphatic carbocycles. The van der Waals surface area contributed by atoms with E-state index in [0.29, 0.717) is 6.54 Å². The first-order chi connectivity index (χ1) is 7.49. The molecule has 0 bridgehead atoms. The summed E-state index contributed by atoms with van der Waals surface area (Å²) >= 11 is 0. The van der Waals surface area contributed by atoms with Crippen molar-refractivity contribution >= 4 is 11.8 Å². The summed E-state index contributed by atoms with van der Waals surface area (Å²) in [5, 5.41) is 2.71. The van der Waals surface area contributed by atoms with E-state index in [4.69, 9.17) is 0 Å². The maximum absolute atomic E-state index is 12.0. The first-order valence-corrected chi connectivity index (χ1v) is 5.70. The summed E-state index contributed by atoms with van der Waals surface area (Å²) in [4.78, 5) is 25.5. The molecule has 2 unspecified atom stereocenters. The maximum Gasteiger partial charge on any atom is 0.245 e. The van der Waals surface area contributed by atoms with Gasteiger partial charge in [0.1, 0.15) is 12.1 Å². The summed E-state index contributed by atoms with van der Waals surface area (Å²) in [5.41, 5.74) is 0. The molecule has 1 aliphatic heterocycles. The van der Waals surface area contributed by atoms with Gasteiger partial charge >= 0.3 is 0 Å². The number of nitrogens with one attached hydrogen (secondary N) is 1. The molecule has 4 nitrogen and oxygen atoms in total. The van der Waals surface area contributed by atoms with Crippen molar-refractivity contribution in [1.29, 1.82) is 0 Å². The summed E-state index contributed by atoms with van der Waals surface area (Å²) in [5.74, 6) is 0.0765. The average Bonchev–Trinajstić information content (AvgIpc) is 2.20. The molecule has 16 heavy (non-hydrogen) atoms. The fourth-order valence-electron chi connectivity index (χ4n) is 2.03. The predicted octanol–water partition coefficient (Wildman–Crippen LogP) is 0.934. The van der Waals surface area contributed by atoms with Gasteiger partial charge < -0.3 is 10.2 Å². The summed E-state index contributed by atoms with van der Waals surface area (Å²) in [6.45, 7) is 9.84. The largest absolute Gasteiger partial charge is 0.343 e. The zero-order valence-electron chi connectivity index (χ0n) is 10.2. The second-order valence-corrected chi connectivity index (χ2v) is 4.53. The lowest BCUT2D eigenvalue weighted by atomic mass is 9.97. The Morgan fingerprint density at radius 3 is 2.62 bits per heavy atom. The first-order valence-electron chi connectivity index (χ1n) is 5.70. The Balaban J connectivity index is 2.87. The zero-order valence-corrected chi connectivity index (χ0v) is 10.2. The highest BCUT2D eigenvalue weighted by atomic mass is 16.2. The molecule has 90 valence electrons. The smallest absolute Gasteiger partial charge is 0.245 e. The number of nitrogens with zero attached hydrogens (tertiary/aromatic N) is 1. The number of hydrogen-bond donors (Lipinski definition) is 1. The van der Waals surface area contributed by atoms with E-state index in [9.17, 15) is 9.59 Å². The third-order valence-electron chi connectivity index (χ3n) is 2.82. The highest BCUT2D eigenvalue weighted by molar-refractivity contribution is 5.96. The van der Waals surface area contributed by atoms with Gasteiger partial charge in [0.25, 0.3) is 0 Å². The lowest BCUT2D eigenvalue weighted by Gasteiger charge is -2.39. The Labute approximate surface area is 96.7 Å². The summed E-state index contributed by atoms with van der Waals surface area (Å²) in [6, 6.07) is -0.754. The molecular formula is C12H20N2O2. The normalized spacial score (nSPS) is 25.9. The summed E-state index contributed by atoms with van der Waals surface area (Å²) < 4.78 is 0. The van der Waals surface area contributed by atoms with Crippen LogP contribution in [0.3, 0.4) is 0 Å². The molecule has 0 saturated carbocycles. The quantitative estimate of drug-likeness (QED) is 0.722. The van der Waals surface area contributed by atoms with Gasteiger partial charge in [0, 0.05) is 6.54 Å². The van der Waals surface area contributed by atoms with Crippen LogP contribution in [0.1, 0.15) is 27.2 Å². The van der Waals surface area contributed by atoms with Crippen LogP contribution in [-0.4, -0.2) is 35.3 Å². The molecule has 0 radical (unpaired) electrons. The van der Waals surface area contributed by atoms with Crippen LogP contribution in [0.4, 0.5) is 0 Å². The van der Waals surface area contributed by atoms with Crippen LogP contribution >= 0.6 is 0 Å². The van der Waals surface area contributed by atoms with Crippen LogP contribution in [0, 0.1) is 5.92 Å². The van der Waals surface area contributed by atoms with Crippen LogP contribution in [0.5, 0.6) is 0 Å². The Kier molecular flexibility index (Phi) is 4.10. The van der Waals surface area contributed by atoms with E-state index in [1.165, 1.54) is 0 Å². The Bertz CT molecular complexity index is 299. The molecule has 0 spiro atoms. The summed E-state index contributed by atoms with van der Waals surface area (Å²) in [6.07, 6.45) is 2.48. The number of carbonyl (C=O) groups excluding carboxylic acids is 2. The molecule has 0 aromatic carbocycles. The molecule has 1 aliphatic rings. The minimum atomic E-state index is -0.410. The molecule has 0 aromatic heterocycles. The molecule has 2 amide bonds. The lowest BCUT2D eigenvalue weighted by Crippen LogP contribution is -2.64. The molecule has 1 N–H and O–H groups in total. The Morgan fingerprint density at radius 2 is 2.12 bits per heavy atom. The fraction of sp³-hybridized carbons (Fsp3) is 0.667. The van der Waals surface area contributed by atoms with Gasteiger partial charge in [-0.3, -0.25) is 9.59 Å². The van der Waals surface area contributed by atoms with Crippen molar-refractivity contribution in [2.24, 2.45) is 5.92 Å². The van der Waals surface area contributed by atoms with E-state index in [0.717, 1.165) is 6.42 Å². The van der Waals surface area contributed by atoms with E-state index in [2.05, 4.69) is 11.9 Å². The number of carbonyl (C=O) groups is 2. The topological polar surface area (TPSA) is 49.4 Å². The van der Waals surface area contributed by atoms with Crippen molar-refractivity contribution in [2.45, 2.75) is 39.3 Å². The van der Waals surface area contributed by atoms with Crippen molar-refractivity contribution in [3.05, 3.63) is 12.7 Å². The number of rotatable bonds is 4. The number of piperazine rings is 1. The van der Waals surface area contributed by atoms with Crippen LogP contribution in [0.2, 0.25) is 0 Å². The number of hydrogen-bond acceptors (Lipinski definition) is 2. The Hall–Kier alpha value is -1.32. The van der Waals surface area contributed by atoms with Gasteiger partial charge in [-0.05, 0) is 19.3 Å². The first kappa shape index (κ1) is 12.7. The molecule has 2 atom stereocenters. The van der Waals surface area contributed by atoms with Crippen LogP contribution in [0.15, 0.2) is 12.7 Å². The monoisotopic (exact) mass is 224 g/mol. The van der Waals surface area contributed by atoms with Gasteiger partial charge in [0.15, 0.2) is 0 Å². The van der Waals surface area contributed by atoms with Crippen molar-refractivity contribution in [3.63, 3.8) is 0 Å². The van der Waals surface area contributed by atoms with Crippen LogP contribution in [-0.2, 0) is 9.59 Å². The SMILES string of the molecule is C=CCCN1C(=O)C(C)NC(=O)C1C(C)C. The van der Waals surface area contributed by atoms with Crippen molar-refractivity contribution in [2.75, 3.05) is 6.54 Å². The summed E-state index contributed by atoms with van der Waals surface area (Å²) in [7, 11) is 0. The highest BCUT2D eigenvalue weighted by Gasteiger charge is 2.39. The lowest BCUT2D eigenvalue weighted by molar-refractivity contribution is -0.150. The van der Waals surface area contributed by atoms with Crippen molar-refractivity contribution in [1.82, 2.24) is 10.2 Å². The van der Waals surface area contributed by atoms with Gasteiger partial charge in [0.2, 0.25) is 11.8 Å². The highest BCUT2D eigenvalue weighted by Crippen LogP contribution is 2.17. The Morgan fingerprint density at radius 1 is 1.50 bits per heavy atom. The third kappa shape index (κ3) is 2.43. The van der Waals surface area contributed by atoms with Gasteiger partial charge in [-0.1, -0.05) is 19.9 Å². The number of amides is 2. The van der Waals surface area contributed by atoms with Gasteiger partial charge in [0.05, 0.1) is 0 Å². The molecule has 1 rings (SSSR count). The second-order valence-electron chi connectivity index (χ2n) is 4.53. The minimum Gasteiger partial charge on any atom is -0.343 e. The molecule has 1 saturated heterocycles. The average molecular weight is 224 g/mol. The predicted molar refractivity (Wildman–Crippen MR) is 62.8 cm³/mol.